The molecule has 2 heterocycles. The number of aliphatic hydroxyl groups excluding tert-OH is 1. The smallest absolute Gasteiger partial charge is 0.395 e. The van der Waals surface area contributed by atoms with Gasteiger partial charge in [-0.1, -0.05) is 12.1 Å². The Morgan fingerprint density at radius 3 is 2.50 bits per heavy atom. The zero-order chi connectivity index (χ0) is 29.6. The van der Waals surface area contributed by atoms with Crippen LogP contribution in [0, 0.1) is 11.3 Å². The third-order valence-electron chi connectivity index (χ3n) is 6.35. The highest BCUT2D eigenvalue weighted by Gasteiger charge is 2.51. The number of carbonyl (C=O) groups is 3. The van der Waals surface area contributed by atoms with Gasteiger partial charge in [-0.05, 0) is 35.9 Å². The molecule has 0 aromatic heterocycles. The maximum absolute atomic E-state index is 14.0. The van der Waals surface area contributed by atoms with Crippen LogP contribution < -0.4 is 10.2 Å². The van der Waals surface area contributed by atoms with Crippen LogP contribution in [0.4, 0.5) is 28.4 Å². The van der Waals surface area contributed by atoms with Crippen molar-refractivity contribution in [2.24, 2.45) is 0 Å². The molecule has 210 valence electrons. The summed E-state index contributed by atoms with van der Waals surface area (Å²) < 4.78 is 66.1. The average molecular weight is 578 g/mol. The Balaban J connectivity index is 2.05. The highest BCUT2D eigenvalue weighted by Crippen LogP contribution is 2.45. The second-order valence-electron chi connectivity index (χ2n) is 9.05. The van der Waals surface area contributed by atoms with E-state index >= 15 is 0 Å². The molecule has 11 nitrogen and oxygen atoms in total. The van der Waals surface area contributed by atoms with Crippen LogP contribution in [-0.4, -0.2) is 74.3 Å². The molecule has 5 amide bonds. The Labute approximate surface area is 226 Å². The number of hydrogen-bond donors (Lipinski definition) is 2. The molecule has 1 unspecified atom stereocenters. The van der Waals surface area contributed by atoms with Crippen molar-refractivity contribution in [3.05, 3.63) is 70.4 Å². The minimum atomic E-state index is -4.76. The van der Waals surface area contributed by atoms with Gasteiger partial charge in [0.1, 0.15) is 6.04 Å². The number of nitrogens with zero attached hydrogens (tertiary/aromatic N) is 4. The van der Waals surface area contributed by atoms with Crippen molar-refractivity contribution >= 4 is 33.5 Å². The summed E-state index contributed by atoms with van der Waals surface area (Å²) in [6.07, 6.45) is -3.91. The predicted octanol–water partition coefficient (Wildman–Crippen LogP) is 2.39. The van der Waals surface area contributed by atoms with Crippen molar-refractivity contribution in [1.82, 2.24) is 15.1 Å². The number of likely N-dealkylation sites (N-methyl/N-ethyl adjacent to an activating group) is 1. The molecular formula is C25H22F3N5O6S. The number of imide groups is 1. The van der Waals surface area contributed by atoms with Gasteiger partial charge in [0.25, 0.3) is 5.91 Å². The monoisotopic (exact) mass is 577 g/mol. The van der Waals surface area contributed by atoms with E-state index < -0.39 is 57.1 Å². The van der Waals surface area contributed by atoms with Gasteiger partial charge in [0, 0.05) is 19.8 Å². The molecule has 15 heteroatoms. The van der Waals surface area contributed by atoms with Crippen LogP contribution in [0.15, 0.2) is 58.6 Å². The van der Waals surface area contributed by atoms with Gasteiger partial charge in [-0.15, -0.1) is 0 Å². The molecular weight excluding hydrogens is 555 g/mol. The number of nitrogens with one attached hydrogen (secondary N) is 1. The van der Waals surface area contributed by atoms with E-state index in [-0.39, 0.29) is 41.2 Å². The second-order valence-corrected chi connectivity index (χ2v) is 11.0. The number of aliphatic hydroxyl groups is 1. The third kappa shape index (κ3) is 4.98. The van der Waals surface area contributed by atoms with Crippen molar-refractivity contribution < 1.29 is 41.1 Å². The van der Waals surface area contributed by atoms with Gasteiger partial charge in [-0.2, -0.15) is 18.4 Å². The van der Waals surface area contributed by atoms with Gasteiger partial charge in [-0.25, -0.2) is 22.9 Å². The molecule has 4 rings (SSSR count). The molecule has 2 aromatic rings. The van der Waals surface area contributed by atoms with Gasteiger partial charge in [0.2, 0.25) is 0 Å². The molecule has 0 saturated heterocycles. The Hall–Kier alpha value is -4.42. The van der Waals surface area contributed by atoms with Gasteiger partial charge in [-0.3, -0.25) is 9.69 Å². The van der Waals surface area contributed by atoms with Crippen molar-refractivity contribution in [3.63, 3.8) is 0 Å². The first-order chi connectivity index (χ1) is 18.7. The molecule has 0 aliphatic carbocycles. The number of hydrogen-bond acceptors (Lipinski definition) is 7. The van der Waals surface area contributed by atoms with Crippen LogP contribution >= 0.6 is 0 Å². The number of rotatable bonds is 5. The maximum atomic E-state index is 14.0. The van der Waals surface area contributed by atoms with Gasteiger partial charge < -0.3 is 15.3 Å². The standard InChI is InChI=1S/C25H22F3N5O6S/c1-31-13-18-20(22(31)35)21(17-7-6-14(12-29)10-19(17)40(2,38)39)33(23(36)30-8-9-34)24(37)32(18)16-5-3-4-15(11-16)25(26,27)28/h3-7,10-11,21,34H,8-9,13H2,1-2H3,(H,30,36). The fraction of sp³-hybridized carbons (Fsp3) is 0.280. The van der Waals surface area contributed by atoms with E-state index in [0.29, 0.717) is 11.0 Å². The number of sulfone groups is 1. The van der Waals surface area contributed by atoms with E-state index in [1.165, 1.54) is 30.1 Å². The minimum Gasteiger partial charge on any atom is -0.395 e. The molecule has 2 aromatic carbocycles. The lowest BCUT2D eigenvalue weighted by Gasteiger charge is -2.40. The van der Waals surface area contributed by atoms with E-state index in [9.17, 15) is 46.3 Å². The number of nitriles is 1. The number of halogens is 3. The summed E-state index contributed by atoms with van der Waals surface area (Å²) in [5.74, 6) is -0.701. The normalized spacial score (nSPS) is 17.7. The van der Waals surface area contributed by atoms with Crippen molar-refractivity contribution in [1.29, 1.82) is 5.26 Å². The summed E-state index contributed by atoms with van der Waals surface area (Å²) in [5.41, 5.74) is -1.84. The number of anilines is 1. The largest absolute Gasteiger partial charge is 0.416 e. The summed E-state index contributed by atoms with van der Waals surface area (Å²) >= 11 is 0. The number of alkyl halides is 3. The third-order valence-corrected chi connectivity index (χ3v) is 7.50. The maximum Gasteiger partial charge on any atom is 0.416 e. The van der Waals surface area contributed by atoms with Crippen LogP contribution in [-0.2, 0) is 20.8 Å². The quantitative estimate of drug-likeness (QED) is 0.554. The zero-order valence-electron chi connectivity index (χ0n) is 21.1. The average Bonchev–Trinajstić information content (AvgIpc) is 3.18. The van der Waals surface area contributed by atoms with Crippen molar-refractivity contribution in [3.8, 4) is 6.07 Å². The number of amides is 5. The van der Waals surface area contributed by atoms with E-state index in [1.54, 1.807) is 0 Å². The predicted molar refractivity (Wildman–Crippen MR) is 133 cm³/mol. The molecule has 2 N–H and O–H groups in total. The number of benzene rings is 2. The summed E-state index contributed by atoms with van der Waals surface area (Å²) in [7, 11) is -2.72. The molecule has 0 fully saturated rings. The molecule has 40 heavy (non-hydrogen) atoms. The first-order valence-electron chi connectivity index (χ1n) is 11.6. The van der Waals surface area contributed by atoms with Gasteiger partial charge in [0.15, 0.2) is 9.84 Å². The second kappa shape index (κ2) is 10.3. The first-order valence-corrected chi connectivity index (χ1v) is 13.5. The highest BCUT2D eigenvalue weighted by molar-refractivity contribution is 7.90. The van der Waals surface area contributed by atoms with Crippen LogP contribution in [0.3, 0.4) is 0 Å². The van der Waals surface area contributed by atoms with Crippen molar-refractivity contribution in [2.45, 2.75) is 17.1 Å². The van der Waals surface area contributed by atoms with E-state index in [4.69, 9.17) is 0 Å². The fourth-order valence-electron chi connectivity index (χ4n) is 4.62. The summed E-state index contributed by atoms with van der Waals surface area (Å²) in [6, 6.07) is 5.14. The topological polar surface area (TPSA) is 151 Å². The minimum absolute atomic E-state index is 0.0442. The molecule has 0 spiro atoms. The highest BCUT2D eigenvalue weighted by atomic mass is 32.2. The zero-order valence-corrected chi connectivity index (χ0v) is 21.9. The molecule has 2 aliphatic heterocycles. The molecule has 0 bridgehead atoms. The summed E-state index contributed by atoms with van der Waals surface area (Å²) in [5, 5.41) is 20.8. The Bertz CT molecular complexity index is 1600. The van der Waals surface area contributed by atoms with E-state index in [2.05, 4.69) is 5.32 Å². The molecule has 0 radical (unpaired) electrons. The fourth-order valence-corrected chi connectivity index (χ4v) is 5.57. The van der Waals surface area contributed by atoms with Crippen LogP contribution in [0.2, 0.25) is 0 Å². The number of urea groups is 2. The summed E-state index contributed by atoms with van der Waals surface area (Å²) in [6.45, 7) is -1.09. The Morgan fingerprint density at radius 2 is 1.90 bits per heavy atom. The molecule has 1 atom stereocenters. The lowest BCUT2D eigenvalue weighted by molar-refractivity contribution is -0.137. The lowest BCUT2D eigenvalue weighted by Crippen LogP contribution is -2.56. The van der Waals surface area contributed by atoms with E-state index in [1.807, 2.05) is 6.07 Å². The van der Waals surface area contributed by atoms with Gasteiger partial charge >= 0.3 is 18.2 Å². The van der Waals surface area contributed by atoms with Crippen LogP contribution in [0.1, 0.15) is 22.7 Å². The van der Waals surface area contributed by atoms with E-state index in [0.717, 1.165) is 29.4 Å². The number of carbonyl (C=O) groups excluding carboxylic acids is 3. The lowest BCUT2D eigenvalue weighted by atomic mass is 9.92. The van der Waals surface area contributed by atoms with Crippen molar-refractivity contribution in [2.75, 3.05) is 37.9 Å². The Kier molecular flexibility index (Phi) is 7.35. The summed E-state index contributed by atoms with van der Waals surface area (Å²) in [4.78, 5) is 42.9. The Morgan fingerprint density at radius 1 is 1.20 bits per heavy atom. The van der Waals surface area contributed by atoms with Crippen LogP contribution in [0.25, 0.3) is 0 Å². The molecule has 0 saturated carbocycles. The van der Waals surface area contributed by atoms with Crippen LogP contribution in [0.5, 0.6) is 0 Å². The van der Waals surface area contributed by atoms with Gasteiger partial charge in [0.05, 0.1) is 52.2 Å². The molecule has 2 aliphatic rings. The first kappa shape index (κ1) is 28.6. The SMILES string of the molecule is CN1CC2=C(C1=O)C(c1ccc(C#N)cc1S(C)(=O)=O)N(C(=O)NCCO)C(=O)N2c1cccc(C(F)(F)F)c1.